The second kappa shape index (κ2) is 14.0. The van der Waals surface area contributed by atoms with Crippen molar-refractivity contribution >= 4 is 47.6 Å². The minimum Gasteiger partial charge on any atom is -0.444 e. The van der Waals surface area contributed by atoms with Crippen LogP contribution in [0.3, 0.4) is 0 Å². The van der Waals surface area contributed by atoms with Crippen LogP contribution in [0.1, 0.15) is 69.6 Å². The summed E-state index contributed by atoms with van der Waals surface area (Å²) in [5, 5.41) is 8.80. The fraction of sp³-hybridized carbons (Fsp3) is 0.472. The molecule has 1 aromatic carbocycles. The topological polar surface area (TPSA) is 103 Å². The van der Waals surface area contributed by atoms with Gasteiger partial charge in [0.25, 0.3) is 5.91 Å². The number of halogens is 1. The SMILES string of the molecule is Cn1cc(-c2ccc(C(=O)N(c3nccc4sc(C#CCO[Si](C)(C)C(C)(C)C)cc34)[C@@H]3CCCN(C(=O)OC(C)(C)C)C3)c(F)c2)nn1. The lowest BCUT2D eigenvalue weighted by Gasteiger charge is -2.39. The standard InChI is InChI=1S/C36H45FN6O4SSi/c1-35(2,3)47-34(45)42-18-10-12-25(22-42)43(33(44)27-15-14-24(20-29(27)37)30-23-41(7)40-39-30)32-28-21-26(48-31(28)16-17-38-32)13-11-19-46-49(8,9)36(4,5)6/h14-17,20-21,23,25H,10,12,18-19,22H2,1-9H3/t25-/m1/s1. The fourth-order valence-corrected chi connectivity index (χ4v) is 7.10. The molecule has 3 aromatic heterocycles. The van der Waals surface area contributed by atoms with Gasteiger partial charge in [-0.2, -0.15) is 0 Å². The number of thiophene rings is 1. The molecule has 4 heterocycles. The maximum absolute atomic E-state index is 15.8. The molecule has 10 nitrogen and oxygen atoms in total. The van der Waals surface area contributed by atoms with Crippen LogP contribution in [0.2, 0.25) is 18.1 Å². The molecule has 1 atom stereocenters. The number of nitrogens with zero attached hydrogens (tertiary/aromatic N) is 6. The van der Waals surface area contributed by atoms with Crippen molar-refractivity contribution in [2.75, 3.05) is 24.6 Å². The number of pyridine rings is 1. The summed E-state index contributed by atoms with van der Waals surface area (Å²) < 4.78 is 30.2. The first-order valence-electron chi connectivity index (χ1n) is 16.4. The van der Waals surface area contributed by atoms with Gasteiger partial charge in [-0.3, -0.25) is 14.4 Å². The number of hydrogen-bond donors (Lipinski definition) is 0. The van der Waals surface area contributed by atoms with Crippen molar-refractivity contribution < 1.29 is 23.1 Å². The van der Waals surface area contributed by atoms with E-state index in [1.165, 1.54) is 28.2 Å². The van der Waals surface area contributed by atoms with Gasteiger partial charge in [0.1, 0.15) is 22.9 Å². The van der Waals surface area contributed by atoms with Crippen molar-refractivity contribution in [1.82, 2.24) is 24.9 Å². The number of aromatic nitrogens is 4. The van der Waals surface area contributed by atoms with Gasteiger partial charge in [-0.1, -0.05) is 43.9 Å². The Bertz CT molecular complexity index is 1920. The van der Waals surface area contributed by atoms with Crippen LogP contribution >= 0.6 is 11.3 Å². The molecule has 13 heteroatoms. The lowest BCUT2D eigenvalue weighted by Crippen LogP contribution is -2.53. The Kier molecular flexibility index (Phi) is 10.3. The average molecular weight is 705 g/mol. The third-order valence-electron chi connectivity index (χ3n) is 8.91. The molecular formula is C36H45FN6O4SSi. The second-order valence-electron chi connectivity index (χ2n) is 14.9. The van der Waals surface area contributed by atoms with E-state index in [0.29, 0.717) is 43.1 Å². The van der Waals surface area contributed by atoms with Gasteiger partial charge in [0.2, 0.25) is 0 Å². The van der Waals surface area contributed by atoms with E-state index in [0.717, 1.165) is 15.0 Å². The van der Waals surface area contributed by atoms with Crippen LogP contribution in [-0.2, 0) is 16.2 Å². The summed E-state index contributed by atoms with van der Waals surface area (Å²) in [6.07, 6.45) is 4.09. The van der Waals surface area contributed by atoms with Gasteiger partial charge in [-0.25, -0.2) is 14.2 Å². The summed E-state index contributed by atoms with van der Waals surface area (Å²) in [6, 6.07) is 7.73. The predicted octanol–water partition coefficient (Wildman–Crippen LogP) is 7.65. The number of piperidine rings is 1. The molecule has 0 radical (unpaired) electrons. The van der Waals surface area contributed by atoms with Crippen LogP contribution < -0.4 is 4.90 Å². The third-order valence-corrected chi connectivity index (χ3v) is 14.4. The Hall–Kier alpha value is -4.12. The van der Waals surface area contributed by atoms with Gasteiger partial charge in [0.05, 0.1) is 29.3 Å². The third kappa shape index (κ3) is 8.37. The summed E-state index contributed by atoms with van der Waals surface area (Å²) in [5.74, 6) is 5.54. The zero-order valence-corrected chi connectivity index (χ0v) is 31.6. The monoisotopic (exact) mass is 704 g/mol. The molecule has 0 spiro atoms. The second-order valence-corrected chi connectivity index (χ2v) is 20.8. The number of hydrogen-bond acceptors (Lipinski definition) is 8. The van der Waals surface area contributed by atoms with Crippen molar-refractivity contribution in [3.8, 4) is 23.1 Å². The van der Waals surface area contributed by atoms with E-state index in [-0.39, 0.29) is 17.1 Å². The molecule has 0 aliphatic carbocycles. The highest BCUT2D eigenvalue weighted by Gasteiger charge is 2.38. The minimum absolute atomic E-state index is 0.0798. The van der Waals surface area contributed by atoms with Crippen molar-refractivity contribution in [3.05, 3.63) is 59.0 Å². The molecule has 1 saturated heterocycles. The number of aryl methyl sites for hydroxylation is 1. The first-order valence-corrected chi connectivity index (χ1v) is 20.1. The highest BCUT2D eigenvalue weighted by atomic mass is 32.1. The fourth-order valence-electron chi connectivity index (χ4n) is 5.31. The number of ether oxygens (including phenoxy) is 1. The van der Waals surface area contributed by atoms with Crippen molar-refractivity contribution in [2.45, 2.75) is 84.2 Å². The van der Waals surface area contributed by atoms with Crippen LogP contribution in [-0.4, -0.2) is 76.5 Å². The molecule has 5 rings (SSSR count). The molecule has 1 aliphatic heterocycles. The maximum atomic E-state index is 15.8. The first-order chi connectivity index (χ1) is 22.9. The Balaban J connectivity index is 1.51. The molecule has 0 N–H and O–H groups in total. The number of fused-ring (bicyclic) bond motifs is 1. The molecule has 260 valence electrons. The van der Waals surface area contributed by atoms with E-state index in [1.54, 1.807) is 35.3 Å². The quantitative estimate of drug-likeness (QED) is 0.150. The smallest absolute Gasteiger partial charge is 0.410 e. The molecule has 2 amide bonds. The van der Waals surface area contributed by atoms with Crippen LogP contribution in [0.25, 0.3) is 21.3 Å². The number of carbonyl (C=O) groups excluding carboxylic acids is 2. The highest BCUT2D eigenvalue weighted by Crippen LogP contribution is 2.37. The van der Waals surface area contributed by atoms with Crippen LogP contribution in [0, 0.1) is 17.7 Å². The Morgan fingerprint density at radius 2 is 1.90 bits per heavy atom. The number of rotatable bonds is 6. The number of anilines is 1. The largest absolute Gasteiger partial charge is 0.444 e. The Labute approximate surface area is 292 Å². The molecule has 4 aromatic rings. The van der Waals surface area contributed by atoms with Crippen LogP contribution in [0.5, 0.6) is 0 Å². The van der Waals surface area contributed by atoms with E-state index < -0.39 is 37.8 Å². The molecule has 0 unspecified atom stereocenters. The molecule has 0 bridgehead atoms. The maximum Gasteiger partial charge on any atom is 0.410 e. The van der Waals surface area contributed by atoms with Crippen molar-refractivity contribution in [1.29, 1.82) is 0 Å². The number of amides is 2. The zero-order chi connectivity index (χ0) is 35.7. The van der Waals surface area contributed by atoms with Gasteiger partial charge in [-0.15, -0.1) is 16.4 Å². The summed E-state index contributed by atoms with van der Waals surface area (Å²) >= 11 is 1.49. The van der Waals surface area contributed by atoms with E-state index in [9.17, 15) is 9.59 Å². The van der Waals surface area contributed by atoms with Gasteiger partial charge in [0.15, 0.2) is 8.32 Å². The molecule has 1 fully saturated rings. The summed E-state index contributed by atoms with van der Waals surface area (Å²) in [5.41, 5.74) is 0.204. The van der Waals surface area contributed by atoms with Crippen molar-refractivity contribution in [2.24, 2.45) is 7.05 Å². The van der Waals surface area contributed by atoms with Crippen LogP contribution in [0.15, 0.2) is 42.7 Å². The van der Waals surface area contributed by atoms with E-state index in [4.69, 9.17) is 14.1 Å². The molecular weight excluding hydrogens is 660 g/mol. The van der Waals surface area contributed by atoms with E-state index in [1.807, 2.05) is 32.9 Å². The Morgan fingerprint density at radius 3 is 2.55 bits per heavy atom. The summed E-state index contributed by atoms with van der Waals surface area (Å²) in [6.45, 7) is 17.4. The number of carbonyl (C=O) groups is 2. The van der Waals surface area contributed by atoms with Gasteiger partial charge < -0.3 is 14.1 Å². The van der Waals surface area contributed by atoms with E-state index >= 15 is 4.39 Å². The number of likely N-dealkylation sites (tertiary alicyclic amines) is 1. The lowest BCUT2D eigenvalue weighted by molar-refractivity contribution is 0.0196. The van der Waals surface area contributed by atoms with Gasteiger partial charge in [0, 0.05) is 42.0 Å². The highest BCUT2D eigenvalue weighted by molar-refractivity contribution is 7.19. The molecule has 49 heavy (non-hydrogen) atoms. The minimum atomic E-state index is -1.95. The van der Waals surface area contributed by atoms with E-state index in [2.05, 4.69) is 56.0 Å². The van der Waals surface area contributed by atoms with Crippen LogP contribution in [0.4, 0.5) is 15.0 Å². The predicted molar refractivity (Wildman–Crippen MR) is 194 cm³/mol. The summed E-state index contributed by atoms with van der Waals surface area (Å²) in [4.78, 5) is 36.3. The average Bonchev–Trinajstić information content (AvgIpc) is 3.64. The van der Waals surface area contributed by atoms with Gasteiger partial charge >= 0.3 is 6.09 Å². The zero-order valence-electron chi connectivity index (χ0n) is 29.8. The lowest BCUT2D eigenvalue weighted by atomic mass is 10.0. The Morgan fingerprint density at radius 1 is 1.14 bits per heavy atom. The molecule has 1 aliphatic rings. The first kappa shape index (κ1) is 36.2. The van der Waals surface area contributed by atoms with Crippen molar-refractivity contribution in [3.63, 3.8) is 0 Å². The number of benzene rings is 1. The van der Waals surface area contributed by atoms with Gasteiger partial charge in [-0.05, 0) is 76.0 Å². The molecule has 0 saturated carbocycles. The summed E-state index contributed by atoms with van der Waals surface area (Å²) in [7, 11) is -0.218. The normalized spacial score (nSPS) is 15.6.